The van der Waals surface area contributed by atoms with Gasteiger partial charge in [-0.05, 0) is 19.1 Å². The van der Waals surface area contributed by atoms with Crippen LogP contribution in [0.5, 0.6) is 0 Å². The maximum absolute atomic E-state index is 5.85. The van der Waals surface area contributed by atoms with Crippen LogP contribution in [0.15, 0.2) is 12.2 Å². The first-order valence-electron chi connectivity index (χ1n) is 3.62. The van der Waals surface area contributed by atoms with Crippen LogP contribution in [0.4, 0.5) is 0 Å². The molecule has 0 spiro atoms. The molecule has 64 valence electrons. The van der Waals surface area contributed by atoms with Crippen molar-refractivity contribution in [2.75, 3.05) is 11.5 Å². The predicted octanol–water partition coefficient (Wildman–Crippen LogP) is 3.49. The Morgan fingerprint density at radius 3 is 2.64 bits per heavy atom. The van der Waals surface area contributed by atoms with E-state index < -0.39 is 4.33 Å². The van der Waals surface area contributed by atoms with Crippen LogP contribution in [0.25, 0.3) is 0 Å². The summed E-state index contributed by atoms with van der Waals surface area (Å²) in [6.45, 7) is 5.86. The lowest BCUT2D eigenvalue weighted by Crippen LogP contribution is -1.94. The van der Waals surface area contributed by atoms with E-state index in [0.29, 0.717) is 5.92 Å². The summed E-state index contributed by atoms with van der Waals surface area (Å²) in [6.07, 6.45) is 0.958. The third kappa shape index (κ3) is 3.27. The number of alkyl halides is 2. The van der Waals surface area contributed by atoms with Crippen molar-refractivity contribution in [1.82, 2.24) is 0 Å². The Bertz CT molecular complexity index is 165. The lowest BCUT2D eigenvalue weighted by atomic mass is 10.4. The molecule has 0 nitrogen and oxygen atoms in total. The van der Waals surface area contributed by atoms with Gasteiger partial charge in [-0.15, -0.1) is 23.2 Å². The molecule has 1 aliphatic rings. The van der Waals surface area contributed by atoms with Crippen LogP contribution >= 0.6 is 35.0 Å². The zero-order chi connectivity index (χ0) is 8.48. The minimum atomic E-state index is -0.401. The molecule has 1 unspecified atom stereocenters. The molecule has 1 rings (SSSR count). The first-order valence-corrected chi connectivity index (χ1v) is 5.53. The molecule has 0 amide bonds. The van der Waals surface area contributed by atoms with Crippen molar-refractivity contribution >= 4 is 35.0 Å². The van der Waals surface area contributed by atoms with E-state index in [1.54, 1.807) is 0 Å². The molecule has 11 heavy (non-hydrogen) atoms. The lowest BCUT2D eigenvalue weighted by Gasteiger charge is -1.99. The van der Waals surface area contributed by atoms with Crippen molar-refractivity contribution in [3.05, 3.63) is 12.2 Å². The van der Waals surface area contributed by atoms with Crippen molar-refractivity contribution < 1.29 is 0 Å². The summed E-state index contributed by atoms with van der Waals surface area (Å²) in [5.41, 5.74) is 1.21. The Labute approximate surface area is 82.3 Å². The maximum atomic E-state index is 5.85. The van der Waals surface area contributed by atoms with Crippen LogP contribution in [0.2, 0.25) is 0 Å². The first kappa shape index (κ1) is 9.76. The van der Waals surface area contributed by atoms with Gasteiger partial charge in [-0.3, -0.25) is 0 Å². The van der Waals surface area contributed by atoms with Gasteiger partial charge in [0.25, 0.3) is 0 Å². The summed E-state index contributed by atoms with van der Waals surface area (Å²) >= 11 is 13.6. The van der Waals surface area contributed by atoms with Gasteiger partial charge in [0.05, 0.1) is 0 Å². The summed E-state index contributed by atoms with van der Waals surface area (Å²) < 4.78 is -0.401. The van der Waals surface area contributed by atoms with E-state index in [-0.39, 0.29) is 0 Å². The number of hydrogen-bond donors (Lipinski definition) is 0. The number of rotatable bonds is 4. The second-order valence-corrected chi connectivity index (χ2v) is 5.71. The normalized spacial score (nSPS) is 26.6. The molecule has 0 bridgehead atoms. The van der Waals surface area contributed by atoms with Gasteiger partial charge >= 0.3 is 0 Å². The highest BCUT2D eigenvalue weighted by atomic mass is 35.5. The van der Waals surface area contributed by atoms with Crippen LogP contribution < -0.4 is 0 Å². The summed E-state index contributed by atoms with van der Waals surface area (Å²) in [7, 11) is 0. The number of halogens is 2. The minimum Gasteiger partial charge on any atom is -0.157 e. The number of hydrogen-bond acceptors (Lipinski definition) is 1. The Kier molecular flexibility index (Phi) is 3.18. The molecule has 0 aliphatic heterocycles. The van der Waals surface area contributed by atoms with Crippen LogP contribution in [0.1, 0.15) is 13.3 Å². The average molecular weight is 211 g/mol. The molecule has 1 aliphatic carbocycles. The Hall–Kier alpha value is 0.670. The Morgan fingerprint density at radius 1 is 1.73 bits per heavy atom. The summed E-state index contributed by atoms with van der Waals surface area (Å²) in [5, 5.41) is 0. The van der Waals surface area contributed by atoms with Gasteiger partial charge in [0.15, 0.2) is 0 Å². The third-order valence-electron chi connectivity index (χ3n) is 1.62. The van der Waals surface area contributed by atoms with E-state index in [4.69, 9.17) is 23.2 Å². The average Bonchev–Trinajstić information content (AvgIpc) is 2.39. The van der Waals surface area contributed by atoms with Crippen LogP contribution in [0, 0.1) is 5.92 Å². The molecular weight excluding hydrogens is 199 g/mol. The first-order chi connectivity index (χ1) is 5.02. The van der Waals surface area contributed by atoms with Crippen molar-refractivity contribution in [2.24, 2.45) is 5.92 Å². The van der Waals surface area contributed by atoms with Crippen molar-refractivity contribution in [3.8, 4) is 0 Å². The quantitative estimate of drug-likeness (QED) is 0.506. The second kappa shape index (κ2) is 3.59. The van der Waals surface area contributed by atoms with Crippen molar-refractivity contribution in [3.63, 3.8) is 0 Å². The highest BCUT2D eigenvalue weighted by Gasteiger charge is 2.50. The molecule has 0 N–H and O–H groups in total. The van der Waals surface area contributed by atoms with Crippen LogP contribution in [0.3, 0.4) is 0 Å². The van der Waals surface area contributed by atoms with Gasteiger partial charge in [-0.25, -0.2) is 0 Å². The molecule has 0 aromatic rings. The van der Waals surface area contributed by atoms with E-state index >= 15 is 0 Å². The highest BCUT2D eigenvalue weighted by Crippen LogP contribution is 2.54. The topological polar surface area (TPSA) is 0 Å². The van der Waals surface area contributed by atoms with Gasteiger partial charge in [0, 0.05) is 11.7 Å². The largest absolute Gasteiger partial charge is 0.157 e. The molecule has 0 aromatic carbocycles. The molecule has 3 heteroatoms. The van der Waals surface area contributed by atoms with E-state index in [0.717, 1.165) is 17.9 Å². The molecule has 0 radical (unpaired) electrons. The van der Waals surface area contributed by atoms with E-state index in [1.165, 1.54) is 5.57 Å². The van der Waals surface area contributed by atoms with Crippen LogP contribution in [-0.2, 0) is 0 Å². The fourth-order valence-electron chi connectivity index (χ4n) is 0.826. The third-order valence-corrected chi connectivity index (χ3v) is 3.88. The SMILES string of the molecule is C=C(C)CSCC1CC1(Cl)Cl. The molecule has 0 aromatic heterocycles. The lowest BCUT2D eigenvalue weighted by molar-refractivity contribution is 0.980. The predicted molar refractivity (Wildman–Crippen MR) is 54.7 cm³/mol. The zero-order valence-electron chi connectivity index (χ0n) is 6.57. The summed E-state index contributed by atoms with van der Waals surface area (Å²) in [6, 6.07) is 0. The smallest absolute Gasteiger partial charge is 0.122 e. The molecule has 0 saturated heterocycles. The second-order valence-electron chi connectivity index (χ2n) is 3.13. The van der Waals surface area contributed by atoms with Crippen LogP contribution in [-0.4, -0.2) is 15.8 Å². The summed E-state index contributed by atoms with van der Waals surface area (Å²) in [4.78, 5) is 0. The van der Waals surface area contributed by atoms with E-state index in [1.807, 2.05) is 18.7 Å². The highest BCUT2D eigenvalue weighted by molar-refractivity contribution is 7.99. The molecule has 1 atom stereocenters. The van der Waals surface area contributed by atoms with E-state index in [9.17, 15) is 0 Å². The minimum absolute atomic E-state index is 0.401. The summed E-state index contributed by atoms with van der Waals surface area (Å²) in [5.74, 6) is 2.61. The Morgan fingerprint density at radius 2 is 2.27 bits per heavy atom. The monoisotopic (exact) mass is 210 g/mol. The van der Waals surface area contributed by atoms with E-state index in [2.05, 4.69) is 6.58 Å². The van der Waals surface area contributed by atoms with Gasteiger partial charge in [0.1, 0.15) is 4.33 Å². The van der Waals surface area contributed by atoms with Crippen molar-refractivity contribution in [2.45, 2.75) is 17.7 Å². The van der Waals surface area contributed by atoms with Gasteiger partial charge in [-0.1, -0.05) is 12.2 Å². The number of thioether (sulfide) groups is 1. The molecule has 0 heterocycles. The van der Waals surface area contributed by atoms with Crippen molar-refractivity contribution in [1.29, 1.82) is 0 Å². The fourth-order valence-corrected chi connectivity index (χ4v) is 2.69. The van der Waals surface area contributed by atoms with Gasteiger partial charge in [0.2, 0.25) is 0 Å². The molecule has 1 fully saturated rings. The van der Waals surface area contributed by atoms with Gasteiger partial charge in [-0.2, -0.15) is 11.8 Å². The fraction of sp³-hybridized carbons (Fsp3) is 0.750. The van der Waals surface area contributed by atoms with Gasteiger partial charge < -0.3 is 0 Å². The zero-order valence-corrected chi connectivity index (χ0v) is 8.90. The standard InChI is InChI=1S/C8H12Cl2S/c1-6(2)4-11-5-7-3-8(7,9)10/h7H,1,3-5H2,2H3. The maximum Gasteiger partial charge on any atom is 0.122 e. The Balaban J connectivity index is 2.02. The molecule has 1 saturated carbocycles. The molecular formula is C8H12Cl2S.